The van der Waals surface area contributed by atoms with Crippen LogP contribution in [0.3, 0.4) is 0 Å². The van der Waals surface area contributed by atoms with Gasteiger partial charge in [0.2, 0.25) is 10.0 Å². The van der Waals surface area contributed by atoms with Crippen LogP contribution in [0.5, 0.6) is 0 Å². The highest BCUT2D eigenvalue weighted by atomic mass is 32.2. The number of hydrogen-bond donors (Lipinski definition) is 3. The third-order valence-electron chi connectivity index (χ3n) is 2.47. The summed E-state index contributed by atoms with van der Waals surface area (Å²) in [4.78, 5) is 11.1. The molecule has 0 spiro atoms. The number of carbonyl (C=O) groups is 1. The van der Waals surface area contributed by atoms with E-state index in [0.717, 1.165) is 0 Å². The Labute approximate surface area is 132 Å². The number of rotatable bonds is 4. The molecule has 22 heavy (non-hydrogen) atoms. The van der Waals surface area contributed by atoms with E-state index >= 15 is 0 Å². The number of anilines is 1. The van der Waals surface area contributed by atoms with Crippen molar-refractivity contribution in [2.24, 2.45) is 0 Å². The third-order valence-corrected chi connectivity index (χ3v) is 4.27. The summed E-state index contributed by atoms with van der Waals surface area (Å²) < 4.78 is 27.7. The molecule has 0 aliphatic heterocycles. The van der Waals surface area contributed by atoms with E-state index in [1.807, 2.05) is 20.8 Å². The molecule has 0 atom stereocenters. The average Bonchev–Trinajstić information content (AvgIpc) is 2.23. The van der Waals surface area contributed by atoms with Crippen molar-refractivity contribution in [2.75, 3.05) is 5.32 Å². The van der Waals surface area contributed by atoms with E-state index in [0.29, 0.717) is 5.69 Å². The standard InChI is InChI=1S/C15H24N2O4S/c1-14(2,3)16-11-8-7-10(13(18)19)9-12(11)22(20,21)17-15(4,5)6/h7-9,16-17H,1-6H3,(H,18,19). The number of hydrogen-bond acceptors (Lipinski definition) is 4. The summed E-state index contributed by atoms with van der Waals surface area (Å²) in [6.07, 6.45) is 0. The van der Waals surface area contributed by atoms with Crippen LogP contribution in [0, 0.1) is 0 Å². The van der Waals surface area contributed by atoms with Crippen LogP contribution >= 0.6 is 0 Å². The van der Waals surface area contributed by atoms with Crippen LogP contribution in [0.4, 0.5) is 5.69 Å². The topological polar surface area (TPSA) is 95.5 Å². The highest BCUT2D eigenvalue weighted by Gasteiger charge is 2.27. The van der Waals surface area contributed by atoms with Crippen molar-refractivity contribution < 1.29 is 18.3 Å². The second kappa shape index (κ2) is 5.89. The van der Waals surface area contributed by atoms with Crippen molar-refractivity contribution in [3.8, 4) is 0 Å². The summed E-state index contributed by atoms with van der Waals surface area (Å²) >= 11 is 0. The second-order valence-electron chi connectivity index (χ2n) is 7.25. The molecule has 7 heteroatoms. The van der Waals surface area contributed by atoms with Gasteiger partial charge in [-0.1, -0.05) is 0 Å². The van der Waals surface area contributed by atoms with Gasteiger partial charge >= 0.3 is 5.97 Å². The lowest BCUT2D eigenvalue weighted by atomic mass is 10.1. The van der Waals surface area contributed by atoms with E-state index in [4.69, 9.17) is 5.11 Å². The molecule has 1 aromatic rings. The predicted octanol–water partition coefficient (Wildman–Crippen LogP) is 2.67. The van der Waals surface area contributed by atoms with E-state index in [1.165, 1.54) is 18.2 Å². The summed E-state index contributed by atoms with van der Waals surface area (Å²) in [5, 5.41) is 12.2. The Balaban J connectivity index is 3.46. The molecule has 1 aromatic carbocycles. The maximum Gasteiger partial charge on any atom is 0.335 e. The number of aromatic carboxylic acids is 1. The number of benzene rings is 1. The van der Waals surface area contributed by atoms with Gasteiger partial charge in [0.05, 0.1) is 11.3 Å². The van der Waals surface area contributed by atoms with Crippen LogP contribution in [-0.4, -0.2) is 30.6 Å². The molecule has 124 valence electrons. The molecule has 3 N–H and O–H groups in total. The predicted molar refractivity (Wildman–Crippen MR) is 86.9 cm³/mol. The SMILES string of the molecule is CC(C)(C)Nc1ccc(C(=O)O)cc1S(=O)(=O)NC(C)(C)C. The van der Waals surface area contributed by atoms with Crippen LogP contribution in [0.15, 0.2) is 23.1 Å². The molecular weight excluding hydrogens is 304 g/mol. The highest BCUT2D eigenvalue weighted by Crippen LogP contribution is 2.26. The zero-order valence-electron chi connectivity index (χ0n) is 13.8. The van der Waals surface area contributed by atoms with Gasteiger partial charge in [-0.2, -0.15) is 0 Å². The van der Waals surface area contributed by atoms with Crippen LogP contribution in [0.25, 0.3) is 0 Å². The van der Waals surface area contributed by atoms with Crippen molar-refractivity contribution in [2.45, 2.75) is 57.5 Å². The quantitative estimate of drug-likeness (QED) is 0.790. The Kier molecular flexibility index (Phi) is 4.94. The van der Waals surface area contributed by atoms with Gasteiger partial charge in [-0.05, 0) is 59.7 Å². The summed E-state index contributed by atoms with van der Waals surface area (Å²) in [7, 11) is -3.85. The van der Waals surface area contributed by atoms with Gasteiger partial charge < -0.3 is 10.4 Å². The summed E-state index contributed by atoms with van der Waals surface area (Å²) in [6.45, 7) is 10.9. The van der Waals surface area contributed by atoms with Gasteiger partial charge in [0.15, 0.2) is 0 Å². The largest absolute Gasteiger partial charge is 0.478 e. The lowest BCUT2D eigenvalue weighted by Gasteiger charge is -2.26. The average molecular weight is 328 g/mol. The van der Waals surface area contributed by atoms with Gasteiger partial charge in [0.1, 0.15) is 4.90 Å². The minimum atomic E-state index is -3.85. The van der Waals surface area contributed by atoms with Crippen LogP contribution < -0.4 is 10.0 Å². The number of carboxylic acid groups (broad SMARTS) is 1. The monoisotopic (exact) mass is 328 g/mol. The minimum absolute atomic E-state index is 0.0720. The molecule has 0 heterocycles. The van der Waals surface area contributed by atoms with Crippen molar-refractivity contribution in [1.82, 2.24) is 4.72 Å². The molecule has 1 rings (SSSR count). The zero-order chi connectivity index (χ0) is 17.3. The molecule has 0 bridgehead atoms. The first-order valence-corrected chi connectivity index (χ1v) is 8.39. The van der Waals surface area contributed by atoms with E-state index in [2.05, 4.69) is 10.0 Å². The van der Waals surface area contributed by atoms with Crippen molar-refractivity contribution in [1.29, 1.82) is 0 Å². The Morgan fingerprint density at radius 2 is 1.59 bits per heavy atom. The van der Waals surface area contributed by atoms with Crippen LogP contribution in [-0.2, 0) is 10.0 Å². The van der Waals surface area contributed by atoms with Crippen LogP contribution in [0.2, 0.25) is 0 Å². The fraction of sp³-hybridized carbons (Fsp3) is 0.533. The highest BCUT2D eigenvalue weighted by molar-refractivity contribution is 7.89. The van der Waals surface area contributed by atoms with E-state index < -0.39 is 21.5 Å². The lowest BCUT2D eigenvalue weighted by molar-refractivity contribution is 0.0696. The minimum Gasteiger partial charge on any atom is -0.478 e. The van der Waals surface area contributed by atoms with Crippen molar-refractivity contribution >= 4 is 21.7 Å². The Hall–Kier alpha value is -1.60. The lowest BCUT2D eigenvalue weighted by Crippen LogP contribution is -2.41. The van der Waals surface area contributed by atoms with Crippen molar-refractivity contribution in [3.63, 3.8) is 0 Å². The molecule has 6 nitrogen and oxygen atoms in total. The molecule has 0 amide bonds. The maximum absolute atomic E-state index is 12.6. The number of carboxylic acids is 1. The smallest absolute Gasteiger partial charge is 0.335 e. The normalized spacial score (nSPS) is 13.0. The third kappa shape index (κ3) is 5.31. The molecule has 0 aromatic heterocycles. The van der Waals surface area contributed by atoms with Gasteiger partial charge in [-0.25, -0.2) is 17.9 Å². The molecule has 0 aliphatic rings. The first-order chi connectivity index (χ1) is 9.71. The molecule has 0 fully saturated rings. The summed E-state index contributed by atoms with van der Waals surface area (Å²) in [5.74, 6) is -1.17. The summed E-state index contributed by atoms with van der Waals surface area (Å²) in [5.41, 5.74) is -0.739. The van der Waals surface area contributed by atoms with E-state index in [1.54, 1.807) is 20.8 Å². The Morgan fingerprint density at radius 1 is 1.05 bits per heavy atom. The van der Waals surface area contributed by atoms with E-state index in [-0.39, 0.29) is 16.0 Å². The molecule has 0 saturated carbocycles. The first-order valence-electron chi connectivity index (χ1n) is 6.91. The van der Waals surface area contributed by atoms with Gasteiger partial charge in [0, 0.05) is 11.1 Å². The summed E-state index contributed by atoms with van der Waals surface area (Å²) in [6, 6.07) is 4.03. The Bertz CT molecular complexity index is 668. The molecular formula is C15H24N2O4S. The van der Waals surface area contributed by atoms with E-state index in [9.17, 15) is 13.2 Å². The fourth-order valence-electron chi connectivity index (χ4n) is 1.84. The van der Waals surface area contributed by atoms with Gasteiger partial charge in [-0.3, -0.25) is 0 Å². The van der Waals surface area contributed by atoms with Gasteiger partial charge in [0.25, 0.3) is 0 Å². The molecule has 0 unspecified atom stereocenters. The number of nitrogens with one attached hydrogen (secondary N) is 2. The van der Waals surface area contributed by atoms with Gasteiger partial charge in [-0.15, -0.1) is 0 Å². The second-order valence-corrected chi connectivity index (χ2v) is 8.90. The maximum atomic E-state index is 12.6. The van der Waals surface area contributed by atoms with Crippen molar-refractivity contribution in [3.05, 3.63) is 23.8 Å². The Morgan fingerprint density at radius 3 is 2.00 bits per heavy atom. The van der Waals surface area contributed by atoms with Crippen LogP contribution in [0.1, 0.15) is 51.9 Å². The number of sulfonamides is 1. The molecule has 0 saturated heterocycles. The first kappa shape index (κ1) is 18.4. The molecule has 0 radical (unpaired) electrons. The molecule has 0 aliphatic carbocycles. The zero-order valence-corrected chi connectivity index (χ0v) is 14.6. The fourth-order valence-corrected chi connectivity index (χ4v) is 3.45.